The van der Waals surface area contributed by atoms with Crippen LogP contribution in [0.15, 0.2) is 34.9 Å². The number of carbonyl (C=O) groups is 1. The molecule has 0 atom stereocenters. The first-order valence-electron chi connectivity index (χ1n) is 6.85. The van der Waals surface area contributed by atoms with Gasteiger partial charge < -0.3 is 9.15 Å². The Hall–Kier alpha value is -2.14. The summed E-state index contributed by atoms with van der Waals surface area (Å²) in [5.41, 5.74) is 3.01. The first-order chi connectivity index (χ1) is 10.1. The van der Waals surface area contributed by atoms with E-state index in [9.17, 15) is 4.79 Å². The zero-order valence-electron chi connectivity index (χ0n) is 12.6. The smallest absolute Gasteiger partial charge is 0.306 e. The van der Waals surface area contributed by atoms with Crippen LogP contribution < -0.4 is 0 Å². The minimum absolute atomic E-state index is 0.206. The van der Waals surface area contributed by atoms with E-state index in [2.05, 4.69) is 9.72 Å². The molecular formula is C16H20N2O3. The van der Waals surface area contributed by atoms with E-state index in [1.54, 1.807) is 6.26 Å². The van der Waals surface area contributed by atoms with Gasteiger partial charge in [-0.05, 0) is 26.1 Å². The first-order valence-corrected chi connectivity index (χ1v) is 6.85. The quantitative estimate of drug-likeness (QED) is 0.765. The SMILES string of the molecule is COC(=O)CCN(C)Cc1coc(-c2ccc(C)cc2)n1. The molecule has 0 bridgehead atoms. The van der Waals surface area contributed by atoms with Gasteiger partial charge in [0.25, 0.3) is 0 Å². The lowest BCUT2D eigenvalue weighted by molar-refractivity contribution is -0.140. The monoisotopic (exact) mass is 288 g/mol. The summed E-state index contributed by atoms with van der Waals surface area (Å²) in [4.78, 5) is 17.6. The highest BCUT2D eigenvalue weighted by Crippen LogP contribution is 2.19. The van der Waals surface area contributed by atoms with E-state index in [-0.39, 0.29) is 5.97 Å². The van der Waals surface area contributed by atoms with E-state index in [4.69, 9.17) is 4.42 Å². The van der Waals surface area contributed by atoms with Crippen molar-refractivity contribution in [3.63, 3.8) is 0 Å². The molecule has 0 aliphatic rings. The second kappa shape index (κ2) is 7.04. The molecule has 0 saturated carbocycles. The first kappa shape index (κ1) is 15.3. The Morgan fingerprint density at radius 3 is 2.71 bits per heavy atom. The molecule has 0 N–H and O–H groups in total. The number of hydrogen-bond donors (Lipinski definition) is 0. The number of aromatic nitrogens is 1. The van der Waals surface area contributed by atoms with E-state index in [1.165, 1.54) is 12.7 Å². The lowest BCUT2D eigenvalue weighted by atomic mass is 10.1. The van der Waals surface area contributed by atoms with Gasteiger partial charge in [-0.1, -0.05) is 17.7 Å². The number of carbonyl (C=O) groups excluding carboxylic acids is 1. The van der Waals surface area contributed by atoms with Gasteiger partial charge >= 0.3 is 5.97 Å². The van der Waals surface area contributed by atoms with E-state index >= 15 is 0 Å². The predicted octanol–water partition coefficient (Wildman–Crippen LogP) is 2.64. The van der Waals surface area contributed by atoms with Gasteiger partial charge in [-0.3, -0.25) is 9.69 Å². The summed E-state index contributed by atoms with van der Waals surface area (Å²) in [6, 6.07) is 8.04. The lowest BCUT2D eigenvalue weighted by Gasteiger charge is -2.13. The van der Waals surface area contributed by atoms with Crippen LogP contribution in [0.2, 0.25) is 0 Å². The van der Waals surface area contributed by atoms with Crippen LogP contribution in [0.25, 0.3) is 11.5 Å². The molecule has 5 nitrogen and oxygen atoms in total. The number of nitrogens with zero attached hydrogens (tertiary/aromatic N) is 2. The highest BCUT2D eigenvalue weighted by molar-refractivity contribution is 5.69. The fourth-order valence-corrected chi connectivity index (χ4v) is 1.95. The Balaban J connectivity index is 1.93. The molecule has 0 spiro atoms. The summed E-state index contributed by atoms with van der Waals surface area (Å²) >= 11 is 0. The summed E-state index contributed by atoms with van der Waals surface area (Å²) in [7, 11) is 3.33. The summed E-state index contributed by atoms with van der Waals surface area (Å²) in [5.74, 6) is 0.411. The molecule has 2 rings (SSSR count). The van der Waals surface area contributed by atoms with Gasteiger partial charge in [-0.25, -0.2) is 4.98 Å². The van der Waals surface area contributed by atoms with Crippen LogP contribution in [0, 0.1) is 6.92 Å². The number of aryl methyl sites for hydroxylation is 1. The van der Waals surface area contributed by atoms with Crippen molar-refractivity contribution in [1.29, 1.82) is 0 Å². The third-order valence-corrected chi connectivity index (χ3v) is 3.21. The number of esters is 1. The van der Waals surface area contributed by atoms with E-state index in [1.807, 2.05) is 43.1 Å². The number of ether oxygens (including phenoxy) is 1. The zero-order chi connectivity index (χ0) is 15.2. The molecule has 0 fully saturated rings. The minimum atomic E-state index is -0.206. The maximum absolute atomic E-state index is 11.1. The minimum Gasteiger partial charge on any atom is -0.469 e. The highest BCUT2D eigenvalue weighted by atomic mass is 16.5. The zero-order valence-corrected chi connectivity index (χ0v) is 12.6. The second-order valence-corrected chi connectivity index (χ2v) is 5.07. The molecule has 1 aromatic carbocycles. The molecule has 21 heavy (non-hydrogen) atoms. The summed E-state index contributed by atoms with van der Waals surface area (Å²) in [5, 5.41) is 0. The van der Waals surface area contributed by atoms with Crippen molar-refractivity contribution in [2.24, 2.45) is 0 Å². The summed E-state index contributed by atoms with van der Waals surface area (Å²) < 4.78 is 10.1. The number of hydrogen-bond acceptors (Lipinski definition) is 5. The Morgan fingerprint density at radius 1 is 1.33 bits per heavy atom. The van der Waals surface area contributed by atoms with E-state index < -0.39 is 0 Å². The molecular weight excluding hydrogens is 268 g/mol. The Labute approximate surface area is 124 Å². The summed E-state index contributed by atoms with van der Waals surface area (Å²) in [6.45, 7) is 3.30. The number of rotatable bonds is 6. The van der Waals surface area contributed by atoms with Crippen LogP contribution in [0.5, 0.6) is 0 Å². The van der Waals surface area contributed by atoms with E-state index in [0.29, 0.717) is 25.4 Å². The maximum Gasteiger partial charge on any atom is 0.306 e. The van der Waals surface area contributed by atoms with Crippen molar-refractivity contribution in [3.8, 4) is 11.5 Å². The second-order valence-electron chi connectivity index (χ2n) is 5.07. The largest absolute Gasteiger partial charge is 0.469 e. The van der Waals surface area contributed by atoms with Gasteiger partial charge in [0.2, 0.25) is 5.89 Å². The summed E-state index contributed by atoms with van der Waals surface area (Å²) in [6.07, 6.45) is 2.03. The fraction of sp³-hybridized carbons (Fsp3) is 0.375. The lowest BCUT2D eigenvalue weighted by Crippen LogP contribution is -2.22. The third-order valence-electron chi connectivity index (χ3n) is 3.21. The molecule has 0 aliphatic carbocycles. The predicted molar refractivity (Wildman–Crippen MR) is 79.6 cm³/mol. The van der Waals surface area contributed by atoms with Crippen molar-refractivity contribution >= 4 is 5.97 Å². The van der Waals surface area contributed by atoms with Crippen LogP contribution in [0.4, 0.5) is 0 Å². The normalized spacial score (nSPS) is 10.9. The van der Waals surface area contributed by atoms with Crippen LogP contribution >= 0.6 is 0 Å². The third kappa shape index (κ3) is 4.43. The topological polar surface area (TPSA) is 55.6 Å². The van der Waals surface area contributed by atoms with Crippen molar-refractivity contribution in [2.45, 2.75) is 19.9 Å². The molecule has 0 aliphatic heterocycles. The molecule has 0 radical (unpaired) electrons. The van der Waals surface area contributed by atoms with Crippen molar-refractivity contribution < 1.29 is 13.9 Å². The number of methoxy groups -OCH3 is 1. The van der Waals surface area contributed by atoms with E-state index in [0.717, 1.165) is 11.3 Å². The molecule has 1 heterocycles. The molecule has 2 aromatic rings. The van der Waals surface area contributed by atoms with Gasteiger partial charge in [-0.15, -0.1) is 0 Å². The van der Waals surface area contributed by atoms with Gasteiger partial charge in [0.15, 0.2) is 0 Å². The van der Waals surface area contributed by atoms with Gasteiger partial charge in [-0.2, -0.15) is 0 Å². The number of oxazole rings is 1. The Kier molecular flexibility index (Phi) is 5.11. The fourth-order valence-electron chi connectivity index (χ4n) is 1.95. The Morgan fingerprint density at radius 2 is 2.05 bits per heavy atom. The van der Waals surface area contributed by atoms with Crippen molar-refractivity contribution in [2.75, 3.05) is 20.7 Å². The Bertz CT molecular complexity index is 590. The van der Waals surface area contributed by atoms with Crippen LogP contribution in [0.1, 0.15) is 17.7 Å². The van der Waals surface area contributed by atoms with Crippen molar-refractivity contribution in [1.82, 2.24) is 9.88 Å². The van der Waals surface area contributed by atoms with Crippen molar-refractivity contribution in [3.05, 3.63) is 41.8 Å². The molecule has 112 valence electrons. The molecule has 5 heteroatoms. The van der Waals surface area contributed by atoms with Gasteiger partial charge in [0, 0.05) is 18.7 Å². The average molecular weight is 288 g/mol. The van der Waals surface area contributed by atoms with Gasteiger partial charge in [0.1, 0.15) is 6.26 Å². The molecule has 1 aromatic heterocycles. The molecule has 0 unspecified atom stereocenters. The average Bonchev–Trinajstić information content (AvgIpc) is 2.94. The van der Waals surface area contributed by atoms with Gasteiger partial charge in [0.05, 0.1) is 19.2 Å². The van der Waals surface area contributed by atoms with Crippen LogP contribution in [0.3, 0.4) is 0 Å². The maximum atomic E-state index is 11.1. The molecule has 0 amide bonds. The standard InChI is InChI=1S/C16H20N2O3/c1-12-4-6-13(7-5-12)16-17-14(11-21-16)10-18(2)9-8-15(19)20-3/h4-7,11H,8-10H2,1-3H3. The molecule has 0 saturated heterocycles. The van der Waals surface area contributed by atoms with Crippen LogP contribution in [-0.4, -0.2) is 36.6 Å². The number of benzene rings is 1. The van der Waals surface area contributed by atoms with Crippen LogP contribution in [-0.2, 0) is 16.1 Å². The highest BCUT2D eigenvalue weighted by Gasteiger charge is 2.10.